The van der Waals surface area contributed by atoms with Crippen LogP contribution in [0, 0.1) is 0 Å². The molecule has 100 valence electrons. The van der Waals surface area contributed by atoms with Crippen LogP contribution in [0.25, 0.3) is 10.9 Å². The highest BCUT2D eigenvalue weighted by molar-refractivity contribution is 6.03. The van der Waals surface area contributed by atoms with E-state index in [1.165, 1.54) is 19.5 Å². The number of aromatic amines is 1. The standard InChI is InChI=1S/C13H11N5O2/c1-20-12-5-11(14-7-15-12)13(19)17-9-3-2-8-6-16-18-10(8)4-9/h2-7H,1H3,(H,16,18)(H,17,19). The summed E-state index contributed by atoms with van der Waals surface area (Å²) >= 11 is 0. The van der Waals surface area contributed by atoms with E-state index in [9.17, 15) is 4.79 Å². The Morgan fingerprint density at radius 3 is 3.05 bits per heavy atom. The van der Waals surface area contributed by atoms with E-state index >= 15 is 0 Å². The van der Waals surface area contributed by atoms with Gasteiger partial charge in [0.05, 0.1) is 18.8 Å². The second-order valence-electron chi connectivity index (χ2n) is 4.07. The van der Waals surface area contributed by atoms with Crippen LogP contribution in [0.15, 0.2) is 36.8 Å². The molecule has 0 saturated carbocycles. The zero-order valence-electron chi connectivity index (χ0n) is 10.6. The van der Waals surface area contributed by atoms with Gasteiger partial charge in [-0.2, -0.15) is 5.10 Å². The van der Waals surface area contributed by atoms with Crippen molar-refractivity contribution in [3.8, 4) is 5.88 Å². The number of rotatable bonds is 3. The fourth-order valence-corrected chi connectivity index (χ4v) is 1.79. The Bertz CT molecular complexity index is 768. The molecule has 0 aliphatic rings. The summed E-state index contributed by atoms with van der Waals surface area (Å²) < 4.78 is 4.96. The summed E-state index contributed by atoms with van der Waals surface area (Å²) in [6.45, 7) is 0. The molecule has 0 aliphatic heterocycles. The molecule has 3 aromatic rings. The molecule has 1 amide bonds. The van der Waals surface area contributed by atoms with E-state index in [1.54, 1.807) is 18.3 Å². The minimum absolute atomic E-state index is 0.238. The number of carbonyl (C=O) groups excluding carboxylic acids is 1. The number of nitrogens with zero attached hydrogens (tertiary/aromatic N) is 3. The molecule has 0 aliphatic carbocycles. The molecule has 7 nitrogen and oxygen atoms in total. The number of hydrogen-bond donors (Lipinski definition) is 2. The molecule has 0 unspecified atom stereocenters. The van der Waals surface area contributed by atoms with Crippen LogP contribution in [0.2, 0.25) is 0 Å². The number of H-pyrrole nitrogens is 1. The van der Waals surface area contributed by atoms with Crippen molar-refractivity contribution in [1.82, 2.24) is 20.2 Å². The Hall–Kier alpha value is -2.96. The maximum absolute atomic E-state index is 12.1. The summed E-state index contributed by atoms with van der Waals surface area (Å²) in [5.74, 6) is 0.0127. The molecule has 0 radical (unpaired) electrons. The second-order valence-corrected chi connectivity index (χ2v) is 4.07. The highest BCUT2D eigenvalue weighted by Gasteiger charge is 2.10. The van der Waals surface area contributed by atoms with Crippen LogP contribution >= 0.6 is 0 Å². The summed E-state index contributed by atoms with van der Waals surface area (Å²) in [5, 5.41) is 10.5. The van der Waals surface area contributed by atoms with E-state index in [1.807, 2.05) is 6.07 Å². The van der Waals surface area contributed by atoms with Crippen molar-refractivity contribution in [1.29, 1.82) is 0 Å². The van der Waals surface area contributed by atoms with E-state index < -0.39 is 0 Å². The van der Waals surface area contributed by atoms with Gasteiger partial charge >= 0.3 is 0 Å². The Morgan fingerprint density at radius 2 is 2.20 bits per heavy atom. The number of fused-ring (bicyclic) bond motifs is 1. The minimum Gasteiger partial charge on any atom is -0.481 e. The summed E-state index contributed by atoms with van der Waals surface area (Å²) in [6.07, 6.45) is 3.00. The van der Waals surface area contributed by atoms with Gasteiger partial charge in [-0.05, 0) is 18.2 Å². The molecular formula is C13H11N5O2. The predicted molar refractivity (Wildman–Crippen MR) is 72.6 cm³/mol. The Kier molecular flexibility index (Phi) is 3.00. The lowest BCUT2D eigenvalue weighted by Crippen LogP contribution is -2.14. The molecule has 2 aromatic heterocycles. The lowest BCUT2D eigenvalue weighted by molar-refractivity contribution is 0.102. The number of amides is 1. The van der Waals surface area contributed by atoms with E-state index in [-0.39, 0.29) is 11.6 Å². The number of anilines is 1. The van der Waals surface area contributed by atoms with Crippen molar-refractivity contribution in [2.45, 2.75) is 0 Å². The van der Waals surface area contributed by atoms with Crippen LogP contribution in [0.4, 0.5) is 5.69 Å². The van der Waals surface area contributed by atoms with E-state index in [0.717, 1.165) is 10.9 Å². The quantitative estimate of drug-likeness (QED) is 0.753. The van der Waals surface area contributed by atoms with Gasteiger partial charge in [0, 0.05) is 17.1 Å². The molecule has 2 heterocycles. The van der Waals surface area contributed by atoms with Gasteiger partial charge in [0.1, 0.15) is 12.0 Å². The van der Waals surface area contributed by atoms with Crippen molar-refractivity contribution >= 4 is 22.5 Å². The van der Waals surface area contributed by atoms with Gasteiger partial charge < -0.3 is 10.1 Å². The summed E-state index contributed by atoms with van der Waals surface area (Å²) in [4.78, 5) is 19.8. The molecule has 3 rings (SSSR count). The average molecular weight is 269 g/mol. The van der Waals surface area contributed by atoms with Crippen molar-refractivity contribution in [3.05, 3.63) is 42.5 Å². The maximum Gasteiger partial charge on any atom is 0.274 e. The Morgan fingerprint density at radius 1 is 1.30 bits per heavy atom. The fourth-order valence-electron chi connectivity index (χ4n) is 1.79. The number of ether oxygens (including phenoxy) is 1. The molecule has 0 spiro atoms. The third kappa shape index (κ3) is 2.28. The fraction of sp³-hybridized carbons (Fsp3) is 0.0769. The molecule has 0 bridgehead atoms. The van der Waals surface area contributed by atoms with Crippen LogP contribution in [0.1, 0.15) is 10.5 Å². The molecule has 0 saturated heterocycles. The zero-order valence-corrected chi connectivity index (χ0v) is 10.6. The third-order valence-electron chi connectivity index (χ3n) is 2.78. The van der Waals surface area contributed by atoms with Gasteiger partial charge in [-0.1, -0.05) is 0 Å². The summed E-state index contributed by atoms with van der Waals surface area (Å²) in [6, 6.07) is 6.95. The van der Waals surface area contributed by atoms with Gasteiger partial charge in [-0.25, -0.2) is 9.97 Å². The van der Waals surface area contributed by atoms with Crippen LogP contribution in [-0.2, 0) is 0 Å². The van der Waals surface area contributed by atoms with Gasteiger partial charge in [-0.3, -0.25) is 9.89 Å². The first kappa shape index (κ1) is 12.1. The number of nitrogens with one attached hydrogen (secondary N) is 2. The van der Waals surface area contributed by atoms with Crippen LogP contribution in [0.5, 0.6) is 5.88 Å². The SMILES string of the molecule is COc1cc(C(=O)Nc2ccc3cn[nH]c3c2)ncn1. The third-order valence-corrected chi connectivity index (χ3v) is 2.78. The molecule has 0 atom stereocenters. The van der Waals surface area contributed by atoms with E-state index in [0.29, 0.717) is 11.6 Å². The van der Waals surface area contributed by atoms with Gasteiger partial charge in [0.25, 0.3) is 5.91 Å². The monoisotopic (exact) mass is 269 g/mol. The first-order valence-corrected chi connectivity index (χ1v) is 5.87. The Balaban J connectivity index is 1.83. The lowest BCUT2D eigenvalue weighted by atomic mass is 10.2. The number of methoxy groups -OCH3 is 1. The largest absolute Gasteiger partial charge is 0.481 e. The normalized spacial score (nSPS) is 10.4. The first-order chi connectivity index (χ1) is 9.76. The molecule has 7 heteroatoms. The molecule has 20 heavy (non-hydrogen) atoms. The van der Waals surface area contributed by atoms with E-state index in [2.05, 4.69) is 25.5 Å². The van der Waals surface area contributed by atoms with Crippen molar-refractivity contribution in [2.24, 2.45) is 0 Å². The molecule has 1 aromatic carbocycles. The number of aromatic nitrogens is 4. The van der Waals surface area contributed by atoms with Gasteiger partial charge in [0.2, 0.25) is 5.88 Å². The zero-order chi connectivity index (χ0) is 13.9. The van der Waals surface area contributed by atoms with Gasteiger partial charge in [0.15, 0.2) is 0 Å². The average Bonchev–Trinajstić information content (AvgIpc) is 2.95. The molecule has 2 N–H and O–H groups in total. The van der Waals surface area contributed by atoms with Crippen LogP contribution < -0.4 is 10.1 Å². The smallest absolute Gasteiger partial charge is 0.274 e. The van der Waals surface area contributed by atoms with E-state index in [4.69, 9.17) is 4.74 Å². The topological polar surface area (TPSA) is 92.8 Å². The van der Waals surface area contributed by atoms with Crippen molar-refractivity contribution in [3.63, 3.8) is 0 Å². The summed E-state index contributed by atoms with van der Waals surface area (Å²) in [5.41, 5.74) is 1.74. The predicted octanol–water partition coefficient (Wildman–Crippen LogP) is 1.61. The minimum atomic E-state index is -0.329. The van der Waals surface area contributed by atoms with Crippen LogP contribution in [-0.4, -0.2) is 33.2 Å². The molecule has 0 fully saturated rings. The Labute approximate surface area is 114 Å². The van der Waals surface area contributed by atoms with Crippen molar-refractivity contribution in [2.75, 3.05) is 12.4 Å². The molecular weight excluding hydrogens is 258 g/mol. The number of benzene rings is 1. The second kappa shape index (κ2) is 4.96. The first-order valence-electron chi connectivity index (χ1n) is 5.87. The van der Waals surface area contributed by atoms with Crippen molar-refractivity contribution < 1.29 is 9.53 Å². The van der Waals surface area contributed by atoms with Gasteiger partial charge in [-0.15, -0.1) is 0 Å². The lowest BCUT2D eigenvalue weighted by Gasteiger charge is -2.05. The van der Waals surface area contributed by atoms with Crippen LogP contribution in [0.3, 0.4) is 0 Å². The highest BCUT2D eigenvalue weighted by atomic mass is 16.5. The number of hydrogen-bond acceptors (Lipinski definition) is 5. The number of carbonyl (C=O) groups is 1. The summed E-state index contributed by atoms with van der Waals surface area (Å²) in [7, 11) is 1.48. The highest BCUT2D eigenvalue weighted by Crippen LogP contribution is 2.17. The maximum atomic E-state index is 12.1.